The minimum absolute atomic E-state index is 0.119. The molecule has 1 aromatic heterocycles. The number of rotatable bonds is 5. The van der Waals surface area contributed by atoms with Gasteiger partial charge in [0.15, 0.2) is 17.5 Å². The Labute approximate surface area is 285 Å². The predicted octanol–water partition coefficient (Wildman–Crippen LogP) is 11.1. The lowest BCUT2D eigenvalue weighted by Crippen LogP contribution is -2.00. The lowest BCUT2D eigenvalue weighted by atomic mass is 9.92. The zero-order chi connectivity index (χ0) is 39.0. The van der Waals surface area contributed by atoms with Crippen molar-refractivity contribution in [2.45, 2.75) is 0 Å². The maximum absolute atomic E-state index is 9.01. The third-order valence-corrected chi connectivity index (χ3v) is 8.10. The van der Waals surface area contributed by atoms with Gasteiger partial charge < -0.3 is 4.74 Å². The van der Waals surface area contributed by atoms with Gasteiger partial charge >= 0.3 is 0 Å². The highest BCUT2D eigenvalue weighted by Crippen LogP contribution is 2.47. The van der Waals surface area contributed by atoms with E-state index in [0.717, 1.165) is 44.5 Å². The number of hydrogen-bond donors (Lipinski definition) is 0. The summed E-state index contributed by atoms with van der Waals surface area (Å²) in [4.78, 5) is 14.1. The molecule has 4 heteroatoms. The highest BCUT2D eigenvalue weighted by Gasteiger charge is 2.20. The second-order valence-corrected chi connectivity index (χ2v) is 11.0. The quantitative estimate of drug-likeness (QED) is 0.194. The van der Waals surface area contributed by atoms with Crippen LogP contribution in [0.3, 0.4) is 0 Å². The largest absolute Gasteiger partial charge is 0.456 e. The molecule has 0 saturated carbocycles. The fraction of sp³-hybridized carbons (Fsp3) is 0. The molecule has 1 aliphatic heterocycles. The van der Waals surface area contributed by atoms with Crippen molar-refractivity contribution in [2.75, 3.05) is 0 Å². The van der Waals surface area contributed by atoms with E-state index in [2.05, 4.69) is 34.2 Å². The lowest BCUT2D eigenvalue weighted by Gasteiger charge is -2.22. The van der Waals surface area contributed by atoms with Crippen LogP contribution >= 0.6 is 0 Å². The minimum Gasteiger partial charge on any atom is -0.456 e. The van der Waals surface area contributed by atoms with Crippen molar-refractivity contribution in [2.24, 2.45) is 0 Å². The molecule has 220 valence electrons. The number of ether oxygens (including phenoxy) is 1. The average molecular weight is 611 g/mol. The van der Waals surface area contributed by atoms with Crippen molar-refractivity contribution >= 4 is 10.8 Å². The van der Waals surface area contributed by atoms with Crippen LogP contribution in [-0.2, 0) is 0 Å². The van der Waals surface area contributed by atoms with Crippen molar-refractivity contribution in [3.63, 3.8) is 0 Å². The van der Waals surface area contributed by atoms with Gasteiger partial charge in [-0.2, -0.15) is 0 Å². The molecule has 0 spiro atoms. The molecule has 0 atom stereocenters. The Morgan fingerprint density at radius 1 is 0.404 bits per heavy atom. The van der Waals surface area contributed by atoms with Crippen LogP contribution in [0.2, 0.25) is 0 Å². The van der Waals surface area contributed by atoms with Crippen LogP contribution in [0.5, 0.6) is 11.5 Å². The Bertz CT molecular complexity index is 2880. The maximum Gasteiger partial charge on any atom is 0.164 e. The van der Waals surface area contributed by atoms with E-state index in [1.54, 1.807) is 12.1 Å². The summed E-state index contributed by atoms with van der Waals surface area (Å²) in [6, 6.07) is 29.6. The topological polar surface area (TPSA) is 47.9 Å². The monoisotopic (exact) mass is 610 g/mol. The first-order valence-corrected chi connectivity index (χ1v) is 15.0. The Morgan fingerprint density at radius 2 is 1.00 bits per heavy atom. The first-order valence-electron chi connectivity index (χ1n) is 19.5. The molecule has 0 amide bonds. The number of nitrogens with zero attached hydrogens (tertiary/aromatic N) is 3. The van der Waals surface area contributed by atoms with E-state index in [1.807, 2.05) is 72.8 Å². The van der Waals surface area contributed by atoms with Gasteiger partial charge in [-0.05, 0) is 51.4 Å². The number of aromatic nitrogens is 3. The van der Waals surface area contributed by atoms with Gasteiger partial charge in [-0.3, -0.25) is 0 Å². The summed E-state index contributed by atoms with van der Waals surface area (Å²) in [6.07, 6.45) is 0. The molecule has 47 heavy (non-hydrogen) atoms. The molecule has 0 bridgehead atoms. The summed E-state index contributed by atoms with van der Waals surface area (Å²) < 4.78 is 83.2. The zero-order valence-electron chi connectivity index (χ0n) is 33.6. The van der Waals surface area contributed by atoms with Gasteiger partial charge in [0.1, 0.15) is 11.5 Å². The van der Waals surface area contributed by atoms with Crippen LogP contribution in [0, 0.1) is 0 Å². The van der Waals surface area contributed by atoms with Crippen LogP contribution in [0.1, 0.15) is 12.3 Å². The molecule has 4 nitrogen and oxygen atoms in total. The molecule has 0 aliphatic carbocycles. The Balaban J connectivity index is 1.15. The third-order valence-electron chi connectivity index (χ3n) is 8.10. The van der Waals surface area contributed by atoms with Gasteiger partial charge in [0, 0.05) is 27.6 Å². The average Bonchev–Trinajstić information content (AvgIpc) is 3.23. The van der Waals surface area contributed by atoms with Gasteiger partial charge in [0.25, 0.3) is 0 Å². The zero-order valence-corrected chi connectivity index (χ0v) is 24.6. The smallest absolute Gasteiger partial charge is 0.164 e. The van der Waals surface area contributed by atoms with Crippen LogP contribution < -0.4 is 4.74 Å². The maximum atomic E-state index is 9.01. The molecule has 1 aliphatic rings. The normalized spacial score (nSPS) is 14.3. The van der Waals surface area contributed by atoms with E-state index in [-0.39, 0.29) is 23.0 Å². The SMILES string of the molecule is [2H]c1c([2H])c([2H])c(-c2c([2H])c([2H])c(-c3nc(-c4ccccc4)nc(-c4ccc(-c5ccc6c(c5)-c5cccc7cccc(c57)O6)cc4)n3)c([2H])c2[2H])c([2H])c1[2H]. The fourth-order valence-corrected chi connectivity index (χ4v) is 5.81. The van der Waals surface area contributed by atoms with Gasteiger partial charge in [0.05, 0.1) is 12.3 Å². The second-order valence-electron chi connectivity index (χ2n) is 11.0. The highest BCUT2D eigenvalue weighted by molar-refractivity contribution is 6.04. The number of fused-ring (bicyclic) bond motifs is 2. The Hall–Kier alpha value is -6.39. The van der Waals surface area contributed by atoms with E-state index in [1.165, 1.54) is 0 Å². The summed E-state index contributed by atoms with van der Waals surface area (Å²) in [5, 5.41) is 2.17. The summed E-state index contributed by atoms with van der Waals surface area (Å²) in [5.74, 6) is 1.96. The van der Waals surface area contributed by atoms with Gasteiger partial charge in [-0.25, -0.2) is 15.0 Å². The number of hydrogen-bond acceptors (Lipinski definition) is 4. The molecule has 8 aromatic rings. The van der Waals surface area contributed by atoms with E-state index < -0.39 is 65.5 Å². The summed E-state index contributed by atoms with van der Waals surface area (Å²) in [6.45, 7) is 0. The fourth-order valence-electron chi connectivity index (χ4n) is 5.81. The van der Waals surface area contributed by atoms with Crippen LogP contribution in [-0.4, -0.2) is 15.0 Å². The summed E-state index contributed by atoms with van der Waals surface area (Å²) in [5.41, 5.74) is 4.18. The highest BCUT2D eigenvalue weighted by atomic mass is 16.5. The summed E-state index contributed by atoms with van der Waals surface area (Å²) >= 11 is 0. The van der Waals surface area contributed by atoms with E-state index in [9.17, 15) is 0 Å². The standard InChI is InChI=1S/C43H27N3O/c1-3-9-28(10-4-1)29-17-21-33(22-18-29)42-44-41(32-11-5-2-6-12-32)45-43(46-42)34-23-19-30(20-24-34)35-25-26-38-37(27-35)36-15-7-13-31-14-8-16-39(47-38)40(31)36/h1-27H/i1D,3D,4D,9D,10D,17D,18D,21D,22D. The first-order chi connectivity index (χ1) is 27.0. The number of benzene rings is 7. The Morgan fingerprint density at radius 3 is 1.74 bits per heavy atom. The van der Waals surface area contributed by atoms with Crippen LogP contribution in [0.15, 0.2) is 164 Å². The minimum atomic E-state index is -0.647. The molecule has 0 unspecified atom stereocenters. The Kier molecular flexibility index (Phi) is 4.57. The predicted molar refractivity (Wildman–Crippen MR) is 190 cm³/mol. The molecule has 0 radical (unpaired) electrons. The van der Waals surface area contributed by atoms with Crippen molar-refractivity contribution < 1.29 is 17.1 Å². The van der Waals surface area contributed by atoms with Gasteiger partial charge in [0.2, 0.25) is 0 Å². The molecular formula is C43H27N3O. The molecule has 0 saturated heterocycles. The molecular weight excluding hydrogens is 574 g/mol. The second kappa shape index (κ2) is 11.2. The first kappa shape index (κ1) is 19.2. The van der Waals surface area contributed by atoms with Crippen molar-refractivity contribution in [1.82, 2.24) is 15.0 Å². The van der Waals surface area contributed by atoms with Crippen molar-refractivity contribution in [3.05, 3.63) is 164 Å². The molecule has 2 heterocycles. The molecule has 7 aromatic carbocycles. The van der Waals surface area contributed by atoms with Gasteiger partial charge in [-0.15, -0.1) is 0 Å². The van der Waals surface area contributed by atoms with Crippen molar-refractivity contribution in [1.29, 1.82) is 0 Å². The lowest BCUT2D eigenvalue weighted by molar-refractivity contribution is 0.487. The van der Waals surface area contributed by atoms with Crippen molar-refractivity contribution in [3.8, 4) is 79.0 Å². The molecule has 0 fully saturated rings. The van der Waals surface area contributed by atoms with E-state index in [4.69, 9.17) is 22.1 Å². The van der Waals surface area contributed by atoms with Crippen LogP contribution in [0.25, 0.3) is 78.3 Å². The molecule has 0 N–H and O–H groups in total. The van der Waals surface area contributed by atoms with Gasteiger partial charge in [-0.1, -0.05) is 145 Å². The summed E-state index contributed by atoms with van der Waals surface area (Å²) in [7, 11) is 0. The van der Waals surface area contributed by atoms with E-state index in [0.29, 0.717) is 11.1 Å². The van der Waals surface area contributed by atoms with Crippen LogP contribution in [0.4, 0.5) is 0 Å². The molecule has 9 rings (SSSR count). The third kappa shape index (κ3) is 4.93. The van der Waals surface area contributed by atoms with E-state index >= 15 is 0 Å².